The van der Waals surface area contributed by atoms with Crippen LogP contribution in [-0.2, 0) is 4.79 Å². The third kappa shape index (κ3) is 3.73. The van der Waals surface area contributed by atoms with E-state index in [-0.39, 0.29) is 11.8 Å². The Balaban J connectivity index is 1.75. The summed E-state index contributed by atoms with van der Waals surface area (Å²) in [6.07, 6.45) is 2.62. The van der Waals surface area contributed by atoms with Gasteiger partial charge in [-0.05, 0) is 39.3 Å². The maximum absolute atomic E-state index is 12.2. The first kappa shape index (κ1) is 16.9. The smallest absolute Gasteiger partial charge is 0.253 e. The molecule has 1 fully saturated rings. The van der Waals surface area contributed by atoms with E-state index >= 15 is 0 Å². The van der Waals surface area contributed by atoms with Crippen molar-refractivity contribution in [2.45, 2.75) is 38.7 Å². The van der Waals surface area contributed by atoms with Crippen molar-refractivity contribution in [1.82, 2.24) is 14.9 Å². The van der Waals surface area contributed by atoms with Gasteiger partial charge in [0.15, 0.2) is 5.13 Å². The molecule has 0 bridgehead atoms. The number of nitrogens with one attached hydrogen (secondary N) is 1. The number of hydrogen-bond donors (Lipinski definition) is 2. The van der Waals surface area contributed by atoms with Crippen LogP contribution in [0.15, 0.2) is 23.7 Å². The SMILES string of the molecule is Cc1cc(Nc2nccs2)cc(C2CCN(C(=O)C(C)(C)O)C2)n1. The minimum Gasteiger partial charge on any atom is -0.381 e. The van der Waals surface area contributed by atoms with Crippen molar-refractivity contribution in [3.8, 4) is 0 Å². The van der Waals surface area contributed by atoms with Crippen molar-refractivity contribution in [1.29, 1.82) is 0 Å². The van der Waals surface area contributed by atoms with E-state index in [2.05, 4.69) is 15.3 Å². The van der Waals surface area contributed by atoms with E-state index < -0.39 is 5.60 Å². The third-order valence-corrected chi connectivity index (χ3v) is 4.76. The number of amides is 1. The molecule has 0 saturated carbocycles. The van der Waals surface area contributed by atoms with E-state index in [9.17, 15) is 9.90 Å². The van der Waals surface area contributed by atoms with E-state index in [1.807, 2.05) is 24.4 Å². The lowest BCUT2D eigenvalue weighted by Crippen LogP contribution is -2.43. The summed E-state index contributed by atoms with van der Waals surface area (Å²) in [4.78, 5) is 22.8. The van der Waals surface area contributed by atoms with Crippen LogP contribution in [0.2, 0.25) is 0 Å². The van der Waals surface area contributed by atoms with Crippen LogP contribution in [0.1, 0.15) is 37.6 Å². The number of hydrogen-bond acceptors (Lipinski definition) is 6. The molecule has 0 aromatic carbocycles. The monoisotopic (exact) mass is 346 g/mol. The third-order valence-electron chi connectivity index (χ3n) is 4.07. The molecule has 1 aliphatic heterocycles. The number of nitrogens with zero attached hydrogens (tertiary/aromatic N) is 3. The Bertz CT molecular complexity index is 725. The number of thiazole rings is 1. The summed E-state index contributed by atoms with van der Waals surface area (Å²) in [6.45, 7) is 6.27. The van der Waals surface area contributed by atoms with Gasteiger partial charge in [-0.15, -0.1) is 11.3 Å². The van der Waals surface area contributed by atoms with E-state index in [0.717, 1.165) is 28.6 Å². The van der Waals surface area contributed by atoms with E-state index in [1.54, 1.807) is 22.4 Å². The zero-order valence-corrected chi connectivity index (χ0v) is 14.9. The van der Waals surface area contributed by atoms with Crippen LogP contribution in [0.5, 0.6) is 0 Å². The second-order valence-electron chi connectivity index (χ2n) is 6.68. The summed E-state index contributed by atoms with van der Waals surface area (Å²) >= 11 is 1.55. The second-order valence-corrected chi connectivity index (χ2v) is 7.57. The number of aromatic nitrogens is 2. The lowest BCUT2D eigenvalue weighted by molar-refractivity contribution is -0.146. The van der Waals surface area contributed by atoms with Gasteiger partial charge in [-0.25, -0.2) is 4.98 Å². The summed E-state index contributed by atoms with van der Waals surface area (Å²) in [5, 5.41) is 16.0. The highest BCUT2D eigenvalue weighted by Gasteiger charge is 2.35. The van der Waals surface area contributed by atoms with E-state index in [1.165, 1.54) is 13.8 Å². The van der Waals surface area contributed by atoms with Gasteiger partial charge < -0.3 is 15.3 Å². The Kier molecular flexibility index (Phi) is 4.56. The topological polar surface area (TPSA) is 78.4 Å². The number of aryl methyl sites for hydroxylation is 1. The van der Waals surface area contributed by atoms with Gasteiger partial charge in [-0.1, -0.05) is 0 Å². The highest BCUT2D eigenvalue weighted by Crippen LogP contribution is 2.30. The van der Waals surface area contributed by atoms with Crippen LogP contribution in [-0.4, -0.2) is 44.6 Å². The quantitative estimate of drug-likeness (QED) is 0.890. The summed E-state index contributed by atoms with van der Waals surface area (Å²) in [7, 11) is 0. The lowest BCUT2D eigenvalue weighted by Gasteiger charge is -2.24. The fraction of sp³-hybridized carbons (Fsp3) is 0.471. The molecule has 0 aliphatic carbocycles. The van der Waals surface area contributed by atoms with Crippen LogP contribution < -0.4 is 5.32 Å². The van der Waals surface area contributed by atoms with Crippen molar-refractivity contribution in [3.05, 3.63) is 35.1 Å². The maximum atomic E-state index is 12.2. The first-order chi connectivity index (χ1) is 11.3. The van der Waals surface area contributed by atoms with Crippen LogP contribution in [0.25, 0.3) is 0 Å². The van der Waals surface area contributed by atoms with Crippen molar-refractivity contribution >= 4 is 28.1 Å². The van der Waals surface area contributed by atoms with Gasteiger partial charge in [0.25, 0.3) is 5.91 Å². The zero-order chi connectivity index (χ0) is 17.3. The molecule has 2 aromatic rings. The molecular weight excluding hydrogens is 324 g/mol. The van der Waals surface area contributed by atoms with Crippen LogP contribution in [0, 0.1) is 6.92 Å². The van der Waals surface area contributed by atoms with E-state index in [0.29, 0.717) is 13.1 Å². The average Bonchev–Trinajstić information content (AvgIpc) is 3.16. The molecule has 1 unspecified atom stereocenters. The molecule has 0 radical (unpaired) electrons. The molecule has 1 amide bonds. The average molecular weight is 346 g/mol. The molecule has 1 saturated heterocycles. The highest BCUT2D eigenvalue weighted by molar-refractivity contribution is 7.13. The molecule has 0 spiro atoms. The van der Waals surface area contributed by atoms with Gasteiger partial charge in [0.1, 0.15) is 5.60 Å². The molecule has 1 aliphatic rings. The number of likely N-dealkylation sites (tertiary alicyclic amines) is 1. The van der Waals surface area contributed by atoms with Crippen molar-refractivity contribution in [3.63, 3.8) is 0 Å². The van der Waals surface area contributed by atoms with Gasteiger partial charge in [0, 0.05) is 47.7 Å². The van der Waals surface area contributed by atoms with Gasteiger partial charge in [-0.2, -0.15) is 0 Å². The van der Waals surface area contributed by atoms with Gasteiger partial charge in [-0.3, -0.25) is 9.78 Å². The van der Waals surface area contributed by atoms with Gasteiger partial charge in [0.05, 0.1) is 0 Å². The number of pyridine rings is 1. The summed E-state index contributed by atoms with van der Waals surface area (Å²) < 4.78 is 0. The Morgan fingerprint density at radius 1 is 1.46 bits per heavy atom. The standard InChI is InChI=1S/C17H22N4O2S/c1-11-8-13(20-16-18-5-7-24-16)9-14(19-11)12-4-6-21(10-12)15(22)17(2,3)23/h5,7-9,12,23H,4,6,10H2,1-3H3,(H,18,19,20). The fourth-order valence-corrected chi connectivity index (χ4v) is 3.51. The molecule has 6 nitrogen and oxygen atoms in total. The Labute approximate surface area is 145 Å². The summed E-state index contributed by atoms with van der Waals surface area (Å²) in [5.74, 6) is -0.0353. The minimum atomic E-state index is -1.33. The molecule has 3 rings (SSSR count). The maximum Gasteiger partial charge on any atom is 0.253 e. The normalized spacial score (nSPS) is 18.0. The largest absolute Gasteiger partial charge is 0.381 e. The van der Waals surface area contributed by atoms with Crippen LogP contribution in [0.4, 0.5) is 10.8 Å². The Morgan fingerprint density at radius 3 is 2.92 bits per heavy atom. The molecule has 1 atom stereocenters. The number of carbonyl (C=O) groups is 1. The predicted molar refractivity (Wildman–Crippen MR) is 94.6 cm³/mol. The molecule has 24 heavy (non-hydrogen) atoms. The zero-order valence-electron chi connectivity index (χ0n) is 14.1. The lowest BCUT2D eigenvalue weighted by atomic mass is 10.0. The summed E-state index contributed by atoms with van der Waals surface area (Å²) in [5.41, 5.74) is 1.53. The van der Waals surface area contributed by atoms with Crippen molar-refractivity contribution in [2.24, 2.45) is 0 Å². The predicted octanol–water partition coefficient (Wildman–Crippen LogP) is 2.68. The molecule has 2 N–H and O–H groups in total. The first-order valence-corrected chi connectivity index (χ1v) is 8.88. The van der Waals surface area contributed by atoms with Crippen molar-refractivity contribution < 1.29 is 9.90 Å². The van der Waals surface area contributed by atoms with Crippen LogP contribution >= 0.6 is 11.3 Å². The first-order valence-electron chi connectivity index (χ1n) is 8.00. The van der Waals surface area contributed by atoms with E-state index in [4.69, 9.17) is 0 Å². The van der Waals surface area contributed by atoms with Crippen molar-refractivity contribution in [2.75, 3.05) is 18.4 Å². The van der Waals surface area contributed by atoms with Gasteiger partial charge >= 0.3 is 0 Å². The van der Waals surface area contributed by atoms with Crippen LogP contribution in [0.3, 0.4) is 0 Å². The number of carbonyl (C=O) groups excluding carboxylic acids is 1. The molecule has 2 aromatic heterocycles. The molecular formula is C17H22N4O2S. The molecule has 7 heteroatoms. The second kappa shape index (κ2) is 6.49. The van der Waals surface area contributed by atoms with Gasteiger partial charge in [0.2, 0.25) is 0 Å². The molecule has 3 heterocycles. The number of rotatable bonds is 4. The summed E-state index contributed by atoms with van der Waals surface area (Å²) in [6, 6.07) is 4.01. The Morgan fingerprint density at radius 2 is 2.25 bits per heavy atom. The number of aliphatic hydroxyl groups is 1. The Hall–Kier alpha value is -1.99. The fourth-order valence-electron chi connectivity index (χ4n) is 2.96. The number of anilines is 2. The molecule has 128 valence electrons. The minimum absolute atomic E-state index is 0.188. The highest BCUT2D eigenvalue weighted by atomic mass is 32.1.